The van der Waals surface area contributed by atoms with Crippen LogP contribution >= 0.6 is 46.6 Å². The number of hydrogen-bond donors (Lipinski definition) is 0. The van der Waals surface area contributed by atoms with Crippen molar-refractivity contribution in [2.75, 3.05) is 0 Å². The number of benzene rings is 3. The maximum atomic E-state index is 12.8. The number of thioether (sulfide) groups is 1. The van der Waals surface area contributed by atoms with Gasteiger partial charge in [-0.1, -0.05) is 77.3 Å². The van der Waals surface area contributed by atoms with Gasteiger partial charge in [-0.05, 0) is 58.8 Å². The van der Waals surface area contributed by atoms with Crippen LogP contribution in [0.3, 0.4) is 0 Å². The van der Waals surface area contributed by atoms with Crippen molar-refractivity contribution < 1.29 is 14.3 Å². The van der Waals surface area contributed by atoms with Crippen molar-refractivity contribution in [1.82, 2.24) is 4.90 Å². The number of rotatable bonds is 6. The highest BCUT2D eigenvalue weighted by Gasteiger charge is 2.35. The zero-order valence-electron chi connectivity index (χ0n) is 16.6. The normalized spacial score (nSPS) is 15.0. The van der Waals surface area contributed by atoms with Crippen molar-refractivity contribution >= 4 is 63.8 Å². The molecule has 0 atom stereocenters. The average Bonchev–Trinajstić information content (AvgIpc) is 3.03. The van der Waals surface area contributed by atoms with E-state index in [-0.39, 0.29) is 17.7 Å². The van der Waals surface area contributed by atoms with Crippen LogP contribution in [0.2, 0.25) is 15.1 Å². The Morgan fingerprint density at radius 1 is 0.906 bits per heavy atom. The first-order chi connectivity index (χ1) is 15.4. The number of carbonyl (C=O) groups excluding carboxylic acids is 2. The molecule has 0 aliphatic carbocycles. The second kappa shape index (κ2) is 10.0. The van der Waals surface area contributed by atoms with Gasteiger partial charge in [0.25, 0.3) is 11.1 Å². The highest BCUT2D eigenvalue weighted by atomic mass is 35.5. The third kappa shape index (κ3) is 5.30. The Morgan fingerprint density at radius 2 is 1.69 bits per heavy atom. The highest BCUT2D eigenvalue weighted by molar-refractivity contribution is 8.18. The second-order valence-electron chi connectivity index (χ2n) is 6.97. The van der Waals surface area contributed by atoms with Crippen LogP contribution in [0.15, 0.2) is 71.6 Å². The maximum absolute atomic E-state index is 12.8. The molecule has 0 bridgehead atoms. The summed E-state index contributed by atoms with van der Waals surface area (Å²) in [7, 11) is 0. The van der Waals surface area contributed by atoms with E-state index >= 15 is 0 Å². The Hall–Kier alpha value is -2.44. The van der Waals surface area contributed by atoms with Crippen LogP contribution in [0.5, 0.6) is 5.75 Å². The summed E-state index contributed by atoms with van der Waals surface area (Å²) in [6.45, 7) is 0.469. The topological polar surface area (TPSA) is 46.6 Å². The molecule has 32 heavy (non-hydrogen) atoms. The van der Waals surface area contributed by atoms with E-state index < -0.39 is 0 Å². The lowest BCUT2D eigenvalue weighted by molar-refractivity contribution is -0.123. The van der Waals surface area contributed by atoms with Gasteiger partial charge in [0.2, 0.25) is 0 Å². The van der Waals surface area contributed by atoms with E-state index in [4.69, 9.17) is 39.5 Å². The fourth-order valence-corrected chi connectivity index (χ4v) is 4.62. The van der Waals surface area contributed by atoms with E-state index in [0.29, 0.717) is 43.5 Å². The summed E-state index contributed by atoms with van der Waals surface area (Å²) in [6.07, 6.45) is 1.64. The molecule has 162 valence electrons. The second-order valence-corrected chi connectivity index (χ2v) is 9.21. The van der Waals surface area contributed by atoms with Crippen LogP contribution in [0.4, 0.5) is 4.79 Å². The number of hydrogen-bond acceptors (Lipinski definition) is 4. The first-order valence-corrected chi connectivity index (χ1v) is 11.5. The molecule has 0 spiro atoms. The van der Waals surface area contributed by atoms with E-state index in [2.05, 4.69) is 0 Å². The molecule has 0 unspecified atom stereocenters. The van der Waals surface area contributed by atoms with Gasteiger partial charge in [0, 0.05) is 10.0 Å². The lowest BCUT2D eigenvalue weighted by Gasteiger charge is -2.13. The molecule has 1 aliphatic heterocycles. The van der Waals surface area contributed by atoms with Gasteiger partial charge in [-0.15, -0.1) is 0 Å². The van der Waals surface area contributed by atoms with Crippen molar-refractivity contribution in [2.24, 2.45) is 0 Å². The molecule has 0 saturated carbocycles. The Bertz CT molecular complexity index is 1210. The Kier molecular flexibility index (Phi) is 7.11. The molecule has 4 rings (SSSR count). The Morgan fingerprint density at radius 3 is 2.41 bits per heavy atom. The summed E-state index contributed by atoms with van der Waals surface area (Å²) in [5.74, 6) is 0.157. The number of ether oxygens (including phenoxy) is 1. The molecular weight excluding hydrogens is 489 g/mol. The third-order valence-corrected chi connectivity index (χ3v) is 6.50. The van der Waals surface area contributed by atoms with Crippen molar-refractivity contribution in [1.29, 1.82) is 0 Å². The van der Waals surface area contributed by atoms with Crippen LogP contribution in [0.1, 0.15) is 16.7 Å². The molecular formula is C24H16Cl3NO3S. The van der Waals surface area contributed by atoms with Crippen molar-refractivity contribution in [3.05, 3.63) is 103 Å². The first-order valence-electron chi connectivity index (χ1n) is 9.56. The summed E-state index contributed by atoms with van der Waals surface area (Å²) in [6, 6.07) is 19.9. The fraction of sp³-hybridized carbons (Fsp3) is 0.0833. The molecule has 0 aromatic heterocycles. The summed E-state index contributed by atoms with van der Waals surface area (Å²) in [4.78, 5) is 26.7. The van der Waals surface area contributed by atoms with E-state index in [9.17, 15) is 9.59 Å². The summed E-state index contributed by atoms with van der Waals surface area (Å²) >= 11 is 19.3. The minimum atomic E-state index is -0.383. The summed E-state index contributed by atoms with van der Waals surface area (Å²) in [5.41, 5.74) is 2.36. The zero-order valence-corrected chi connectivity index (χ0v) is 19.6. The lowest BCUT2D eigenvalue weighted by Crippen LogP contribution is -2.27. The van der Waals surface area contributed by atoms with Gasteiger partial charge in [-0.25, -0.2) is 0 Å². The van der Waals surface area contributed by atoms with Crippen LogP contribution < -0.4 is 4.74 Å². The lowest BCUT2D eigenvalue weighted by atomic mass is 10.2. The maximum Gasteiger partial charge on any atom is 0.293 e. The van der Waals surface area contributed by atoms with E-state index in [1.807, 2.05) is 30.3 Å². The molecule has 1 fully saturated rings. The minimum absolute atomic E-state index is 0.0744. The fourth-order valence-electron chi connectivity index (χ4n) is 3.07. The smallest absolute Gasteiger partial charge is 0.293 e. The largest absolute Gasteiger partial charge is 0.487 e. The molecule has 0 N–H and O–H groups in total. The predicted octanol–water partition coefficient (Wildman–Crippen LogP) is 7.46. The van der Waals surface area contributed by atoms with Gasteiger partial charge in [-0.2, -0.15) is 0 Å². The molecule has 0 radical (unpaired) electrons. The number of nitrogens with zero attached hydrogens (tertiary/aromatic N) is 1. The molecule has 3 aromatic carbocycles. The SMILES string of the molecule is O=C1S/C(=C\c2ccc(OCc3ccccc3)c(Cl)c2)C(=O)N1Cc1ccc(Cl)cc1Cl. The molecule has 1 aliphatic rings. The number of amides is 2. The van der Waals surface area contributed by atoms with Gasteiger partial charge in [-0.3, -0.25) is 14.5 Å². The van der Waals surface area contributed by atoms with E-state index in [1.54, 1.807) is 42.5 Å². The summed E-state index contributed by atoms with van der Waals surface area (Å²) < 4.78 is 5.78. The molecule has 2 amide bonds. The molecule has 4 nitrogen and oxygen atoms in total. The standard InChI is InChI=1S/C24H16Cl3NO3S/c25-18-8-7-17(19(26)12-18)13-28-23(29)22(32-24(28)30)11-16-6-9-21(20(27)10-16)31-14-15-4-2-1-3-5-15/h1-12H,13-14H2/b22-11-. The van der Waals surface area contributed by atoms with E-state index in [0.717, 1.165) is 22.2 Å². The molecule has 8 heteroatoms. The zero-order chi connectivity index (χ0) is 22.7. The van der Waals surface area contributed by atoms with Crippen LogP contribution in [0, 0.1) is 0 Å². The molecule has 1 heterocycles. The molecule has 1 saturated heterocycles. The number of carbonyl (C=O) groups is 2. The van der Waals surface area contributed by atoms with Gasteiger partial charge >= 0.3 is 0 Å². The number of halogens is 3. The van der Waals surface area contributed by atoms with Gasteiger partial charge in [0.05, 0.1) is 16.5 Å². The molecule has 3 aromatic rings. The number of imide groups is 1. The van der Waals surface area contributed by atoms with Crippen LogP contribution in [0.25, 0.3) is 6.08 Å². The van der Waals surface area contributed by atoms with Crippen molar-refractivity contribution in [3.63, 3.8) is 0 Å². The van der Waals surface area contributed by atoms with Crippen LogP contribution in [-0.4, -0.2) is 16.0 Å². The van der Waals surface area contributed by atoms with Gasteiger partial charge < -0.3 is 4.74 Å². The van der Waals surface area contributed by atoms with Crippen molar-refractivity contribution in [2.45, 2.75) is 13.2 Å². The first kappa shape index (κ1) is 22.7. The van der Waals surface area contributed by atoms with Crippen molar-refractivity contribution in [3.8, 4) is 5.75 Å². The average molecular weight is 505 g/mol. The summed E-state index contributed by atoms with van der Waals surface area (Å²) in [5, 5.41) is 0.947. The Balaban J connectivity index is 1.47. The predicted molar refractivity (Wildman–Crippen MR) is 130 cm³/mol. The monoisotopic (exact) mass is 503 g/mol. The van der Waals surface area contributed by atoms with Crippen LogP contribution in [-0.2, 0) is 17.9 Å². The Labute approximate surface area is 204 Å². The quantitative estimate of drug-likeness (QED) is 0.327. The third-order valence-electron chi connectivity index (χ3n) is 4.71. The highest BCUT2D eigenvalue weighted by Crippen LogP contribution is 2.35. The van der Waals surface area contributed by atoms with Gasteiger partial charge in [0.15, 0.2) is 0 Å². The van der Waals surface area contributed by atoms with Gasteiger partial charge in [0.1, 0.15) is 12.4 Å². The van der Waals surface area contributed by atoms with E-state index in [1.165, 1.54) is 0 Å². The minimum Gasteiger partial charge on any atom is -0.487 e.